The SMILES string of the molecule is CS(=O)(=O)c1ccc(NC2CCN(c3c(F)cccc3F)C2=O)c([N+](=O)[O-])c1. The predicted octanol–water partition coefficient (Wildman–Crippen LogP) is 2.49. The van der Waals surface area contributed by atoms with Crippen LogP contribution in [0.4, 0.5) is 25.8 Å². The summed E-state index contributed by atoms with van der Waals surface area (Å²) in [5, 5.41) is 14.0. The van der Waals surface area contributed by atoms with Crippen LogP contribution in [0, 0.1) is 21.7 Å². The van der Waals surface area contributed by atoms with E-state index in [0.29, 0.717) is 0 Å². The lowest BCUT2D eigenvalue weighted by molar-refractivity contribution is -0.384. The summed E-state index contributed by atoms with van der Waals surface area (Å²) in [7, 11) is -3.66. The summed E-state index contributed by atoms with van der Waals surface area (Å²) in [6.07, 6.45) is 1.07. The van der Waals surface area contributed by atoms with Crippen LogP contribution in [0.2, 0.25) is 0 Å². The second-order valence-corrected chi connectivity index (χ2v) is 8.27. The van der Waals surface area contributed by atoms with Gasteiger partial charge in [0.2, 0.25) is 5.91 Å². The van der Waals surface area contributed by atoms with Gasteiger partial charge in [0.1, 0.15) is 29.1 Å². The summed E-state index contributed by atoms with van der Waals surface area (Å²) in [4.78, 5) is 23.8. The topological polar surface area (TPSA) is 110 Å². The number of nitro benzene ring substituents is 1. The number of hydrogen-bond donors (Lipinski definition) is 1. The van der Waals surface area contributed by atoms with Crippen LogP contribution in [0.25, 0.3) is 0 Å². The van der Waals surface area contributed by atoms with Crippen molar-refractivity contribution >= 4 is 32.8 Å². The van der Waals surface area contributed by atoms with Gasteiger partial charge in [0.05, 0.1) is 9.82 Å². The zero-order valence-electron chi connectivity index (χ0n) is 14.6. The van der Waals surface area contributed by atoms with Gasteiger partial charge in [0.25, 0.3) is 5.69 Å². The van der Waals surface area contributed by atoms with Crippen molar-refractivity contribution in [2.75, 3.05) is 23.0 Å². The fourth-order valence-corrected chi connectivity index (χ4v) is 3.63. The monoisotopic (exact) mass is 411 g/mol. The molecular weight excluding hydrogens is 396 g/mol. The number of benzene rings is 2. The molecule has 1 fully saturated rings. The Bertz CT molecular complexity index is 1050. The maximum atomic E-state index is 14.0. The van der Waals surface area contributed by atoms with Crippen LogP contribution in [0.1, 0.15) is 6.42 Å². The van der Waals surface area contributed by atoms with E-state index in [1.165, 1.54) is 18.2 Å². The van der Waals surface area contributed by atoms with E-state index in [-0.39, 0.29) is 23.5 Å². The molecule has 1 saturated heterocycles. The number of halogens is 2. The van der Waals surface area contributed by atoms with E-state index < -0.39 is 49.7 Å². The summed E-state index contributed by atoms with van der Waals surface area (Å²) < 4.78 is 51.1. The fraction of sp³-hybridized carbons (Fsp3) is 0.235. The van der Waals surface area contributed by atoms with Gasteiger partial charge in [-0.1, -0.05) is 6.07 Å². The molecule has 3 rings (SSSR count). The van der Waals surface area contributed by atoms with Crippen LogP contribution in [0.5, 0.6) is 0 Å². The average Bonchev–Trinajstić information content (AvgIpc) is 2.95. The number of amides is 1. The van der Waals surface area contributed by atoms with Gasteiger partial charge in [-0.3, -0.25) is 14.9 Å². The molecule has 0 aliphatic carbocycles. The minimum absolute atomic E-state index is 0.0174. The molecule has 1 atom stereocenters. The van der Waals surface area contributed by atoms with E-state index in [2.05, 4.69) is 5.32 Å². The molecule has 148 valence electrons. The summed E-state index contributed by atoms with van der Waals surface area (Å²) in [6.45, 7) is 0.0174. The number of para-hydroxylation sites is 1. The van der Waals surface area contributed by atoms with Gasteiger partial charge in [-0.15, -0.1) is 0 Å². The largest absolute Gasteiger partial charge is 0.368 e. The van der Waals surface area contributed by atoms with Gasteiger partial charge >= 0.3 is 0 Å². The molecule has 0 aromatic heterocycles. The van der Waals surface area contributed by atoms with Crippen molar-refractivity contribution in [3.63, 3.8) is 0 Å². The van der Waals surface area contributed by atoms with E-state index in [4.69, 9.17) is 0 Å². The quantitative estimate of drug-likeness (QED) is 0.598. The first-order valence-corrected chi connectivity index (χ1v) is 9.99. The Kier molecular flexibility index (Phi) is 5.02. The van der Waals surface area contributed by atoms with Crippen molar-refractivity contribution in [3.05, 3.63) is 58.1 Å². The van der Waals surface area contributed by atoms with Crippen molar-refractivity contribution in [3.8, 4) is 0 Å². The molecule has 2 aromatic rings. The number of nitrogens with one attached hydrogen (secondary N) is 1. The first kappa shape index (κ1) is 19.7. The van der Waals surface area contributed by atoms with E-state index in [1.807, 2.05) is 0 Å². The Labute approximate surface area is 158 Å². The van der Waals surface area contributed by atoms with E-state index in [0.717, 1.165) is 29.4 Å². The lowest BCUT2D eigenvalue weighted by Gasteiger charge is -2.19. The number of nitrogens with zero attached hydrogens (tertiary/aromatic N) is 2. The highest BCUT2D eigenvalue weighted by Crippen LogP contribution is 2.32. The highest BCUT2D eigenvalue weighted by molar-refractivity contribution is 7.90. The van der Waals surface area contributed by atoms with E-state index >= 15 is 0 Å². The molecule has 1 aliphatic rings. The highest BCUT2D eigenvalue weighted by atomic mass is 32.2. The lowest BCUT2D eigenvalue weighted by atomic mass is 10.2. The second-order valence-electron chi connectivity index (χ2n) is 6.25. The molecule has 11 heteroatoms. The first-order valence-electron chi connectivity index (χ1n) is 8.10. The van der Waals surface area contributed by atoms with Crippen molar-refractivity contribution in [1.29, 1.82) is 0 Å². The number of carbonyl (C=O) groups is 1. The molecule has 1 N–H and O–H groups in total. The molecule has 0 spiro atoms. The normalized spacial score (nSPS) is 17.0. The zero-order valence-corrected chi connectivity index (χ0v) is 15.4. The fourth-order valence-electron chi connectivity index (χ4n) is 2.99. The lowest BCUT2D eigenvalue weighted by Crippen LogP contribution is -2.34. The summed E-state index contributed by atoms with van der Waals surface area (Å²) in [5.74, 6) is -2.43. The minimum Gasteiger partial charge on any atom is -0.368 e. The molecule has 0 saturated carbocycles. The molecule has 28 heavy (non-hydrogen) atoms. The first-order chi connectivity index (χ1) is 13.1. The highest BCUT2D eigenvalue weighted by Gasteiger charge is 2.36. The summed E-state index contributed by atoms with van der Waals surface area (Å²) in [5.41, 5.74) is -1.06. The number of nitro groups is 1. The van der Waals surface area contributed by atoms with Gasteiger partial charge in [0, 0.05) is 18.9 Å². The van der Waals surface area contributed by atoms with Gasteiger partial charge < -0.3 is 10.2 Å². The number of anilines is 2. The van der Waals surface area contributed by atoms with Crippen LogP contribution in [0.15, 0.2) is 41.3 Å². The third kappa shape index (κ3) is 3.65. The van der Waals surface area contributed by atoms with Crippen LogP contribution in [-0.2, 0) is 14.6 Å². The molecule has 1 aliphatic heterocycles. The Morgan fingerprint density at radius 2 is 1.86 bits per heavy atom. The number of hydrogen-bond acceptors (Lipinski definition) is 6. The smallest absolute Gasteiger partial charge is 0.293 e. The van der Waals surface area contributed by atoms with Crippen LogP contribution in [-0.4, -0.2) is 38.1 Å². The number of rotatable bonds is 5. The Morgan fingerprint density at radius 3 is 2.43 bits per heavy atom. The third-order valence-corrected chi connectivity index (χ3v) is 5.45. The van der Waals surface area contributed by atoms with Gasteiger partial charge in [-0.2, -0.15) is 0 Å². The van der Waals surface area contributed by atoms with E-state index in [1.54, 1.807) is 0 Å². The van der Waals surface area contributed by atoms with Crippen LogP contribution < -0.4 is 10.2 Å². The number of carbonyl (C=O) groups excluding carboxylic acids is 1. The van der Waals surface area contributed by atoms with Crippen molar-refractivity contribution in [2.24, 2.45) is 0 Å². The molecular formula is C17H15F2N3O5S. The van der Waals surface area contributed by atoms with Crippen LogP contribution >= 0.6 is 0 Å². The Morgan fingerprint density at radius 1 is 1.21 bits per heavy atom. The molecule has 1 heterocycles. The Balaban J connectivity index is 1.89. The molecule has 0 radical (unpaired) electrons. The molecule has 1 amide bonds. The van der Waals surface area contributed by atoms with Crippen LogP contribution in [0.3, 0.4) is 0 Å². The predicted molar refractivity (Wildman–Crippen MR) is 96.9 cm³/mol. The molecule has 0 bridgehead atoms. The van der Waals surface area contributed by atoms with Gasteiger partial charge in [0.15, 0.2) is 9.84 Å². The van der Waals surface area contributed by atoms with Crippen molar-refractivity contribution in [1.82, 2.24) is 0 Å². The zero-order chi connectivity index (χ0) is 20.6. The summed E-state index contributed by atoms with van der Waals surface area (Å²) >= 11 is 0. The minimum atomic E-state index is -3.66. The average molecular weight is 411 g/mol. The second kappa shape index (κ2) is 7.15. The molecule has 1 unspecified atom stereocenters. The third-order valence-electron chi connectivity index (χ3n) is 4.34. The maximum absolute atomic E-state index is 14.0. The summed E-state index contributed by atoms with van der Waals surface area (Å²) in [6, 6.07) is 5.54. The number of sulfone groups is 1. The standard InChI is InChI=1S/C17H15F2N3O5S/c1-28(26,27)10-5-6-13(15(9-10)22(24)25)20-14-7-8-21(17(14)23)16-11(18)3-2-4-12(16)19/h2-6,9,14,20H,7-8H2,1H3. The van der Waals surface area contributed by atoms with Gasteiger partial charge in [-0.25, -0.2) is 17.2 Å². The van der Waals surface area contributed by atoms with E-state index in [9.17, 15) is 32.1 Å². The van der Waals surface area contributed by atoms with Gasteiger partial charge in [-0.05, 0) is 30.7 Å². The molecule has 8 nitrogen and oxygen atoms in total. The van der Waals surface area contributed by atoms with Crippen molar-refractivity contribution < 1.29 is 26.9 Å². The van der Waals surface area contributed by atoms with Crippen molar-refractivity contribution in [2.45, 2.75) is 17.4 Å². The maximum Gasteiger partial charge on any atom is 0.293 e. The molecule has 2 aromatic carbocycles. The Hall–Kier alpha value is -3.08.